The molecule has 0 radical (unpaired) electrons. The van der Waals surface area contributed by atoms with Gasteiger partial charge in [0.15, 0.2) is 0 Å². The lowest BCUT2D eigenvalue weighted by atomic mass is 10.2. The highest BCUT2D eigenvalue weighted by atomic mass is 32.2. The largest absolute Gasteiger partial charge is 0.392 e. The smallest absolute Gasteiger partial charge is 0.225 e. The van der Waals surface area contributed by atoms with E-state index in [0.717, 1.165) is 43.5 Å². The number of rotatable bonds is 9. The zero-order valence-electron chi connectivity index (χ0n) is 19.3. The second kappa shape index (κ2) is 10.6. The second-order valence-electron chi connectivity index (χ2n) is 8.05. The molecule has 0 aliphatic carbocycles. The minimum atomic E-state index is 0.0164. The lowest BCUT2D eigenvalue weighted by molar-refractivity contribution is 0.279. The molecule has 0 bridgehead atoms. The number of imidazole rings is 1. The molecular weight excluding hydrogens is 456 g/mol. The van der Waals surface area contributed by atoms with E-state index in [4.69, 9.17) is 9.97 Å². The summed E-state index contributed by atoms with van der Waals surface area (Å²) in [6, 6.07) is 24.1. The molecule has 5 rings (SSSR count). The Hall–Kier alpha value is -3.88. The molecule has 0 amide bonds. The standard InChI is InChI=1S/C27H26N6OS/c1-33-15-14-28-25(33)17-29-26-21-10-4-5-11-22(21)31-27(32-26)30-16-19-8-2-6-12-23(19)35-24-13-7-3-9-20(24)18-34/h2-15,34H,16-18H2,1H3,(H2,29,30,31,32). The monoisotopic (exact) mass is 482 g/mol. The van der Waals surface area contributed by atoms with E-state index in [1.54, 1.807) is 18.0 Å². The third-order valence-corrected chi connectivity index (χ3v) is 6.95. The van der Waals surface area contributed by atoms with Crippen LogP contribution in [0.4, 0.5) is 11.8 Å². The molecule has 0 spiro atoms. The van der Waals surface area contributed by atoms with Gasteiger partial charge in [0.2, 0.25) is 5.95 Å². The summed E-state index contributed by atoms with van der Waals surface area (Å²) < 4.78 is 1.99. The summed E-state index contributed by atoms with van der Waals surface area (Å²) >= 11 is 1.65. The Kier molecular flexibility index (Phi) is 6.92. The van der Waals surface area contributed by atoms with Crippen LogP contribution < -0.4 is 10.6 Å². The lowest BCUT2D eigenvalue weighted by Crippen LogP contribution is -2.10. The fourth-order valence-corrected chi connectivity index (χ4v) is 4.86. The van der Waals surface area contributed by atoms with Gasteiger partial charge in [0, 0.05) is 41.2 Å². The van der Waals surface area contributed by atoms with Gasteiger partial charge < -0.3 is 20.3 Å². The first-order chi connectivity index (χ1) is 17.2. The zero-order valence-corrected chi connectivity index (χ0v) is 20.2. The molecule has 3 N–H and O–H groups in total. The van der Waals surface area contributed by atoms with Gasteiger partial charge in [-0.3, -0.25) is 0 Å². The second-order valence-corrected chi connectivity index (χ2v) is 9.13. The highest BCUT2D eigenvalue weighted by Crippen LogP contribution is 2.33. The predicted molar refractivity (Wildman–Crippen MR) is 140 cm³/mol. The van der Waals surface area contributed by atoms with Crippen LogP contribution in [0.3, 0.4) is 0 Å². The van der Waals surface area contributed by atoms with Gasteiger partial charge in [0.05, 0.1) is 18.7 Å². The Labute approximate surface area is 208 Å². The Morgan fingerprint density at radius 2 is 1.54 bits per heavy atom. The van der Waals surface area contributed by atoms with Crippen molar-refractivity contribution >= 4 is 34.4 Å². The Bertz CT molecular complexity index is 1450. The summed E-state index contributed by atoms with van der Waals surface area (Å²) in [5, 5.41) is 17.5. The number of fused-ring (bicyclic) bond motifs is 1. The van der Waals surface area contributed by atoms with E-state index in [-0.39, 0.29) is 6.61 Å². The molecule has 5 aromatic rings. The van der Waals surface area contributed by atoms with E-state index in [0.29, 0.717) is 19.0 Å². The lowest BCUT2D eigenvalue weighted by Gasteiger charge is -2.14. The number of anilines is 2. The molecule has 2 heterocycles. The van der Waals surface area contributed by atoms with Crippen LogP contribution in [0.5, 0.6) is 0 Å². The number of aliphatic hydroxyl groups excluding tert-OH is 1. The molecule has 8 heteroatoms. The maximum absolute atomic E-state index is 9.70. The molecule has 0 aliphatic rings. The minimum absolute atomic E-state index is 0.0164. The maximum Gasteiger partial charge on any atom is 0.225 e. The van der Waals surface area contributed by atoms with Gasteiger partial charge in [-0.25, -0.2) is 9.97 Å². The van der Waals surface area contributed by atoms with E-state index in [9.17, 15) is 5.11 Å². The van der Waals surface area contributed by atoms with Crippen molar-refractivity contribution in [2.75, 3.05) is 10.6 Å². The minimum Gasteiger partial charge on any atom is -0.392 e. The first kappa shape index (κ1) is 22.9. The molecule has 176 valence electrons. The van der Waals surface area contributed by atoms with Crippen LogP contribution in [0.1, 0.15) is 17.0 Å². The van der Waals surface area contributed by atoms with Crippen molar-refractivity contribution in [1.29, 1.82) is 0 Å². The molecule has 2 aromatic heterocycles. The molecule has 0 atom stereocenters. The van der Waals surface area contributed by atoms with E-state index < -0.39 is 0 Å². The molecule has 0 fully saturated rings. The van der Waals surface area contributed by atoms with Crippen LogP contribution in [0.25, 0.3) is 10.9 Å². The van der Waals surface area contributed by atoms with Gasteiger partial charge in [-0.05, 0) is 35.4 Å². The summed E-state index contributed by atoms with van der Waals surface area (Å²) in [5.74, 6) is 2.25. The Morgan fingerprint density at radius 3 is 2.31 bits per heavy atom. The predicted octanol–water partition coefficient (Wildman–Crippen LogP) is 5.23. The number of nitrogens with zero attached hydrogens (tertiary/aromatic N) is 4. The highest BCUT2D eigenvalue weighted by Gasteiger charge is 2.11. The average molecular weight is 483 g/mol. The van der Waals surface area contributed by atoms with Crippen LogP contribution >= 0.6 is 11.8 Å². The van der Waals surface area contributed by atoms with Crippen molar-refractivity contribution in [1.82, 2.24) is 19.5 Å². The van der Waals surface area contributed by atoms with Crippen LogP contribution in [0.15, 0.2) is 95.0 Å². The average Bonchev–Trinajstić information content (AvgIpc) is 3.31. The summed E-state index contributed by atoms with van der Waals surface area (Å²) in [6.45, 7) is 1.15. The third kappa shape index (κ3) is 5.29. The van der Waals surface area contributed by atoms with Gasteiger partial charge in [-0.15, -0.1) is 0 Å². The number of benzene rings is 3. The van der Waals surface area contributed by atoms with Gasteiger partial charge in [-0.1, -0.05) is 60.3 Å². The van der Waals surface area contributed by atoms with Crippen LogP contribution in [0.2, 0.25) is 0 Å². The van der Waals surface area contributed by atoms with E-state index >= 15 is 0 Å². The molecule has 0 saturated carbocycles. The van der Waals surface area contributed by atoms with E-state index in [1.807, 2.05) is 78.5 Å². The van der Waals surface area contributed by atoms with E-state index in [1.165, 1.54) is 0 Å². The molecule has 0 unspecified atom stereocenters. The van der Waals surface area contributed by atoms with Gasteiger partial charge in [0.25, 0.3) is 0 Å². The molecule has 7 nitrogen and oxygen atoms in total. The van der Waals surface area contributed by atoms with E-state index in [2.05, 4.69) is 27.8 Å². The van der Waals surface area contributed by atoms with Crippen molar-refractivity contribution in [3.8, 4) is 0 Å². The van der Waals surface area contributed by atoms with Crippen LogP contribution in [0, 0.1) is 0 Å². The quantitative estimate of drug-likeness (QED) is 0.265. The topological polar surface area (TPSA) is 87.9 Å². The molecule has 3 aromatic carbocycles. The maximum atomic E-state index is 9.70. The fourth-order valence-electron chi connectivity index (χ4n) is 3.80. The SMILES string of the molecule is Cn1ccnc1CNc1nc(NCc2ccccc2Sc2ccccc2CO)nc2ccccc12. The van der Waals surface area contributed by atoms with Crippen molar-refractivity contribution in [2.24, 2.45) is 7.05 Å². The number of aryl methyl sites for hydroxylation is 1. The van der Waals surface area contributed by atoms with Gasteiger partial charge in [-0.2, -0.15) is 4.98 Å². The highest BCUT2D eigenvalue weighted by molar-refractivity contribution is 7.99. The summed E-state index contributed by atoms with van der Waals surface area (Å²) in [5.41, 5.74) is 2.91. The number of nitrogens with one attached hydrogen (secondary N) is 2. The Balaban J connectivity index is 1.37. The summed E-state index contributed by atoms with van der Waals surface area (Å²) in [6.07, 6.45) is 3.72. The first-order valence-corrected chi connectivity index (χ1v) is 12.2. The van der Waals surface area contributed by atoms with Crippen molar-refractivity contribution in [2.45, 2.75) is 29.5 Å². The number of aliphatic hydroxyl groups is 1. The number of hydrogen-bond donors (Lipinski definition) is 3. The van der Waals surface area contributed by atoms with Gasteiger partial charge in [0.1, 0.15) is 11.6 Å². The summed E-state index contributed by atoms with van der Waals surface area (Å²) in [7, 11) is 1.98. The van der Waals surface area contributed by atoms with Crippen LogP contribution in [-0.2, 0) is 26.7 Å². The van der Waals surface area contributed by atoms with Crippen molar-refractivity contribution < 1.29 is 5.11 Å². The fraction of sp³-hybridized carbons (Fsp3) is 0.148. The molecule has 35 heavy (non-hydrogen) atoms. The zero-order chi connectivity index (χ0) is 24.0. The Morgan fingerprint density at radius 1 is 0.829 bits per heavy atom. The molecular formula is C27H26N6OS. The third-order valence-electron chi connectivity index (χ3n) is 5.71. The molecule has 0 saturated heterocycles. The number of para-hydroxylation sites is 1. The van der Waals surface area contributed by atoms with Crippen molar-refractivity contribution in [3.05, 3.63) is 102 Å². The van der Waals surface area contributed by atoms with Crippen molar-refractivity contribution in [3.63, 3.8) is 0 Å². The summed E-state index contributed by atoms with van der Waals surface area (Å²) in [4.78, 5) is 16.1. The van der Waals surface area contributed by atoms with Crippen LogP contribution in [-0.4, -0.2) is 24.6 Å². The normalized spacial score (nSPS) is 11.0. The first-order valence-electron chi connectivity index (χ1n) is 11.4. The van der Waals surface area contributed by atoms with Gasteiger partial charge >= 0.3 is 0 Å². The number of aromatic nitrogens is 4. The number of hydrogen-bond acceptors (Lipinski definition) is 7. The molecule has 0 aliphatic heterocycles.